The quantitative estimate of drug-likeness (QED) is 0.258. The molecule has 4 fully saturated rings. The molecule has 0 N–H and O–H groups in total. The van der Waals surface area contributed by atoms with E-state index in [2.05, 4.69) is 97.9 Å². The summed E-state index contributed by atoms with van der Waals surface area (Å²) in [5.74, 6) is 3.01. The van der Waals surface area contributed by atoms with Crippen LogP contribution in [-0.2, 0) is 38.5 Å². The molecule has 0 aliphatic heterocycles. The zero-order valence-electron chi connectivity index (χ0n) is 27.2. The molecule has 226 valence electrons. The summed E-state index contributed by atoms with van der Waals surface area (Å²) in [6, 6.07) is 12.4. The molecule has 2 aromatic rings. The summed E-state index contributed by atoms with van der Waals surface area (Å²) < 4.78 is 5.57. The van der Waals surface area contributed by atoms with Gasteiger partial charge in [0.2, 0.25) is 0 Å². The number of halogens is 2. The van der Waals surface area contributed by atoms with E-state index in [9.17, 15) is 0 Å². The van der Waals surface area contributed by atoms with Gasteiger partial charge in [-0.25, -0.2) is 0 Å². The standard InChI is InChI=1S/C21H25.C15H19.C3H6.2ClH.Zr/c1-20(2,3)16-7-9-18-14(12-16)11-15-13-17(21(4,5)6)8-10-19(15)18;1-2-4-14(3-1)15-8-11-5-12(9-15)7-13(6-11)10-15;1-3-2;;;/h7-10,12H,11H2,1-6H3;1,3,11-13H,2,5-10H2;1-2H3;2*1H;. The van der Waals surface area contributed by atoms with Gasteiger partial charge in [0.15, 0.2) is 0 Å². The molecule has 0 heterocycles. The van der Waals surface area contributed by atoms with E-state index in [4.69, 9.17) is 0 Å². The summed E-state index contributed by atoms with van der Waals surface area (Å²) in [5, 5.41) is 0. The van der Waals surface area contributed by atoms with Crippen LogP contribution in [0.3, 0.4) is 0 Å². The van der Waals surface area contributed by atoms with Crippen molar-refractivity contribution >= 4 is 31.3 Å². The zero-order valence-corrected chi connectivity index (χ0v) is 31.3. The molecule has 0 unspecified atom stereocenters. The Labute approximate surface area is 276 Å². The first kappa shape index (κ1) is 32.6. The second kappa shape index (κ2) is 11.2. The molecule has 6 aliphatic carbocycles. The maximum absolute atomic E-state index is 2.66. The molecule has 3 heteroatoms. The third kappa shape index (κ3) is 5.28. The third-order valence-corrected chi connectivity index (χ3v) is 19.1. The van der Waals surface area contributed by atoms with Crippen LogP contribution in [0.5, 0.6) is 0 Å². The number of hydrogen-bond donors (Lipinski definition) is 0. The van der Waals surface area contributed by atoms with Crippen LogP contribution in [0.2, 0.25) is 0 Å². The Hall–Kier alpha value is -0.747. The molecule has 4 saturated carbocycles. The Morgan fingerprint density at radius 2 is 1.38 bits per heavy atom. The van der Waals surface area contributed by atoms with Crippen LogP contribution in [0.15, 0.2) is 51.3 Å². The second-order valence-corrected chi connectivity index (χ2v) is 23.6. The molecule has 0 spiro atoms. The zero-order chi connectivity index (χ0) is 28.2. The minimum absolute atomic E-state index is 0. The summed E-state index contributed by atoms with van der Waals surface area (Å²) >= 11 is -2.34. The van der Waals surface area contributed by atoms with Crippen molar-refractivity contribution in [2.75, 3.05) is 0 Å². The Balaban J connectivity index is 0.00000176. The Bertz CT molecular complexity index is 1460. The van der Waals surface area contributed by atoms with Gasteiger partial charge in [0.1, 0.15) is 0 Å². The fourth-order valence-electron chi connectivity index (χ4n) is 10.0. The second-order valence-electron chi connectivity index (χ2n) is 16.6. The topological polar surface area (TPSA) is 0 Å². The van der Waals surface area contributed by atoms with Crippen molar-refractivity contribution in [1.29, 1.82) is 0 Å². The third-order valence-electron chi connectivity index (χ3n) is 11.3. The first-order valence-corrected chi connectivity index (χ1v) is 19.9. The van der Waals surface area contributed by atoms with E-state index < -0.39 is 21.3 Å². The van der Waals surface area contributed by atoms with Gasteiger partial charge in [0.05, 0.1) is 0 Å². The smallest absolute Gasteiger partial charge is 0.147 e. The van der Waals surface area contributed by atoms with Crippen molar-refractivity contribution in [2.24, 2.45) is 23.2 Å². The van der Waals surface area contributed by atoms with Crippen LogP contribution in [0, 0.1) is 23.2 Å². The molecule has 8 rings (SSSR count). The molecule has 4 bridgehead atoms. The Kier molecular flexibility index (Phi) is 8.74. The summed E-state index contributed by atoms with van der Waals surface area (Å²) in [7, 11) is 0. The van der Waals surface area contributed by atoms with Crippen LogP contribution in [0.4, 0.5) is 0 Å². The average Bonchev–Trinajstić information content (AvgIpc) is 3.47. The van der Waals surface area contributed by atoms with Gasteiger partial charge in [-0.2, -0.15) is 0 Å². The van der Waals surface area contributed by atoms with E-state index in [1.54, 1.807) is 25.5 Å². The fourth-order valence-corrected chi connectivity index (χ4v) is 18.9. The predicted octanol–water partition coefficient (Wildman–Crippen LogP) is 10.6. The molecule has 42 heavy (non-hydrogen) atoms. The van der Waals surface area contributed by atoms with Crippen molar-refractivity contribution in [3.05, 3.63) is 73.6 Å². The number of rotatable bonds is 3. The molecule has 2 aromatic carbocycles. The van der Waals surface area contributed by atoms with Gasteiger partial charge in [-0.3, -0.25) is 0 Å². The van der Waals surface area contributed by atoms with Crippen molar-refractivity contribution in [3.63, 3.8) is 0 Å². The molecular weight excluding hydrogens is 631 g/mol. The fraction of sp³-hybridized carbons (Fsp3) is 0.564. The van der Waals surface area contributed by atoms with E-state index in [1.807, 2.05) is 12.1 Å². The largest absolute Gasteiger partial charge is 0.147 e. The van der Waals surface area contributed by atoms with E-state index >= 15 is 0 Å². The van der Waals surface area contributed by atoms with Crippen molar-refractivity contribution in [1.82, 2.24) is 0 Å². The van der Waals surface area contributed by atoms with Crippen LogP contribution in [-0.4, -0.2) is 3.21 Å². The van der Waals surface area contributed by atoms with Gasteiger partial charge in [-0.05, 0) is 0 Å². The number of allylic oxidation sites excluding steroid dienone is 4. The van der Waals surface area contributed by atoms with Gasteiger partial charge >= 0.3 is 253 Å². The van der Waals surface area contributed by atoms with E-state index in [-0.39, 0.29) is 35.6 Å². The van der Waals surface area contributed by atoms with Crippen LogP contribution < -0.4 is 3.27 Å². The Morgan fingerprint density at radius 3 is 1.93 bits per heavy atom. The van der Waals surface area contributed by atoms with Crippen LogP contribution >= 0.6 is 24.8 Å². The predicted molar refractivity (Wildman–Crippen MR) is 184 cm³/mol. The van der Waals surface area contributed by atoms with Crippen LogP contribution in [0.1, 0.15) is 123 Å². The molecule has 0 amide bonds. The SMILES string of the molecule is C[C](C)=[Zr]([C]1=C(C23CC4CC(CC(C4)C2)C3)C=CC1)[c]1c(C(C)(C)C)ccc2c1Cc1cc(C(C)(C)C)ccc1-2.Cl.Cl. The molecule has 0 nitrogen and oxygen atoms in total. The van der Waals surface area contributed by atoms with E-state index in [1.165, 1.54) is 56.1 Å². The normalized spacial score (nSPS) is 27.0. The molecule has 0 saturated heterocycles. The van der Waals surface area contributed by atoms with Crippen LogP contribution in [0.25, 0.3) is 11.1 Å². The monoisotopic (exact) mass is 680 g/mol. The van der Waals surface area contributed by atoms with Gasteiger partial charge in [0, 0.05) is 0 Å². The van der Waals surface area contributed by atoms with E-state index in [0.29, 0.717) is 5.41 Å². The minimum atomic E-state index is -2.34. The minimum Gasteiger partial charge on any atom is -0.147 e. The first-order chi connectivity index (χ1) is 18.8. The maximum atomic E-state index is 2.66. The van der Waals surface area contributed by atoms with E-state index in [0.717, 1.165) is 24.2 Å². The maximum Gasteiger partial charge on any atom is -0.147 e. The molecular formula is C39H52Cl2Zr. The number of fused-ring (bicyclic) bond motifs is 3. The number of benzene rings is 2. The van der Waals surface area contributed by atoms with Gasteiger partial charge in [-0.15, -0.1) is 24.8 Å². The Morgan fingerprint density at radius 1 is 0.786 bits per heavy atom. The first-order valence-electron chi connectivity index (χ1n) is 16.2. The van der Waals surface area contributed by atoms with Gasteiger partial charge in [-0.1, -0.05) is 0 Å². The van der Waals surface area contributed by atoms with Crippen molar-refractivity contribution in [2.45, 2.75) is 118 Å². The summed E-state index contributed by atoms with van der Waals surface area (Å²) in [6.45, 7) is 19.5. The molecule has 0 aromatic heterocycles. The summed E-state index contributed by atoms with van der Waals surface area (Å²) in [4.78, 5) is 0. The van der Waals surface area contributed by atoms with Crippen molar-refractivity contribution < 1.29 is 21.3 Å². The summed E-state index contributed by atoms with van der Waals surface area (Å²) in [6.07, 6.45) is 16.7. The van der Waals surface area contributed by atoms with Gasteiger partial charge in [0.25, 0.3) is 0 Å². The average molecular weight is 683 g/mol. The molecule has 6 aliphatic rings. The van der Waals surface area contributed by atoms with Gasteiger partial charge < -0.3 is 0 Å². The molecule has 0 radical (unpaired) electrons. The van der Waals surface area contributed by atoms with Crippen molar-refractivity contribution in [3.8, 4) is 11.1 Å². The summed E-state index contributed by atoms with van der Waals surface area (Å²) in [5.41, 5.74) is 12.1. The molecule has 0 atom stereocenters. The number of hydrogen-bond acceptors (Lipinski definition) is 0.